The highest BCUT2D eigenvalue weighted by atomic mass is 79.9. The first-order valence-corrected chi connectivity index (χ1v) is 6.77. The van der Waals surface area contributed by atoms with Gasteiger partial charge in [-0.15, -0.1) is 0 Å². The van der Waals surface area contributed by atoms with Crippen molar-refractivity contribution < 1.29 is 9.18 Å². The van der Waals surface area contributed by atoms with Crippen molar-refractivity contribution in [2.75, 3.05) is 5.32 Å². The predicted molar refractivity (Wildman–Crippen MR) is 77.6 cm³/mol. The van der Waals surface area contributed by atoms with E-state index in [-0.39, 0.29) is 18.4 Å². The number of aromatic nitrogens is 2. The van der Waals surface area contributed by atoms with E-state index in [0.717, 1.165) is 0 Å². The van der Waals surface area contributed by atoms with Crippen LogP contribution in [-0.4, -0.2) is 15.7 Å². The minimum Gasteiger partial charge on any atom is -0.376 e. The standard InChI is InChI=1S/C13H14BrFN4O/c1-8(11-3-2-9(14)4-12(11)15)18-10-5-17-19(6-10)7-13(16)20/h2-6,8,18H,7H2,1H3,(H2,16,20). The Morgan fingerprint density at radius 1 is 1.60 bits per heavy atom. The van der Waals surface area contributed by atoms with Crippen LogP contribution < -0.4 is 11.1 Å². The van der Waals surface area contributed by atoms with E-state index in [1.54, 1.807) is 24.5 Å². The quantitative estimate of drug-likeness (QED) is 0.877. The fourth-order valence-corrected chi connectivity index (χ4v) is 2.20. The Bertz CT molecular complexity index is 629. The number of amides is 1. The summed E-state index contributed by atoms with van der Waals surface area (Å²) >= 11 is 3.22. The van der Waals surface area contributed by atoms with Gasteiger partial charge in [-0.3, -0.25) is 9.48 Å². The van der Waals surface area contributed by atoms with E-state index in [1.807, 2.05) is 6.92 Å². The largest absolute Gasteiger partial charge is 0.376 e. The first kappa shape index (κ1) is 14.5. The summed E-state index contributed by atoms with van der Waals surface area (Å²) in [7, 11) is 0. The molecule has 0 aliphatic carbocycles. The second-order valence-corrected chi connectivity index (χ2v) is 5.34. The summed E-state index contributed by atoms with van der Waals surface area (Å²) in [6.07, 6.45) is 3.22. The number of anilines is 1. The number of carbonyl (C=O) groups excluding carboxylic acids is 1. The first-order chi connectivity index (χ1) is 9.45. The number of halogens is 2. The molecular formula is C13H14BrFN4O. The Hall–Kier alpha value is -1.89. The number of nitrogens with zero attached hydrogens (tertiary/aromatic N) is 2. The van der Waals surface area contributed by atoms with Crippen LogP contribution in [0.1, 0.15) is 18.5 Å². The molecule has 1 amide bonds. The van der Waals surface area contributed by atoms with E-state index in [9.17, 15) is 9.18 Å². The number of nitrogens with two attached hydrogens (primary N) is 1. The number of rotatable bonds is 5. The SMILES string of the molecule is CC(Nc1cnn(CC(N)=O)c1)c1ccc(Br)cc1F. The Morgan fingerprint density at radius 3 is 3.00 bits per heavy atom. The number of carbonyl (C=O) groups is 1. The molecule has 0 saturated carbocycles. The zero-order chi connectivity index (χ0) is 14.7. The molecule has 2 rings (SSSR count). The van der Waals surface area contributed by atoms with Crippen molar-refractivity contribution in [2.45, 2.75) is 19.5 Å². The number of benzene rings is 1. The van der Waals surface area contributed by atoms with Crippen molar-refractivity contribution >= 4 is 27.5 Å². The lowest BCUT2D eigenvalue weighted by molar-refractivity contribution is -0.118. The molecule has 5 nitrogen and oxygen atoms in total. The molecule has 0 spiro atoms. The molecule has 7 heteroatoms. The monoisotopic (exact) mass is 340 g/mol. The van der Waals surface area contributed by atoms with Gasteiger partial charge in [0.05, 0.1) is 17.9 Å². The normalized spacial score (nSPS) is 12.2. The topological polar surface area (TPSA) is 72.9 Å². The van der Waals surface area contributed by atoms with E-state index >= 15 is 0 Å². The number of hydrogen-bond acceptors (Lipinski definition) is 3. The van der Waals surface area contributed by atoms with Gasteiger partial charge in [0.2, 0.25) is 5.91 Å². The van der Waals surface area contributed by atoms with Gasteiger partial charge in [-0.1, -0.05) is 22.0 Å². The molecule has 2 aromatic rings. The molecule has 106 valence electrons. The van der Waals surface area contributed by atoms with Gasteiger partial charge < -0.3 is 11.1 Å². The summed E-state index contributed by atoms with van der Waals surface area (Å²) in [5.41, 5.74) is 6.33. The summed E-state index contributed by atoms with van der Waals surface area (Å²) < 4.78 is 15.9. The van der Waals surface area contributed by atoms with Crippen molar-refractivity contribution in [3.05, 3.63) is 46.4 Å². The van der Waals surface area contributed by atoms with Gasteiger partial charge in [0.15, 0.2) is 0 Å². The third-order valence-electron chi connectivity index (χ3n) is 2.76. The van der Waals surface area contributed by atoms with Gasteiger partial charge in [-0.05, 0) is 19.1 Å². The minimum atomic E-state index is -0.466. The fraction of sp³-hybridized carbons (Fsp3) is 0.231. The van der Waals surface area contributed by atoms with Gasteiger partial charge in [-0.2, -0.15) is 5.10 Å². The molecule has 1 atom stereocenters. The van der Waals surface area contributed by atoms with Crippen LogP contribution >= 0.6 is 15.9 Å². The molecular weight excluding hydrogens is 327 g/mol. The van der Waals surface area contributed by atoms with Crippen LogP contribution in [-0.2, 0) is 11.3 Å². The molecule has 0 radical (unpaired) electrons. The fourth-order valence-electron chi connectivity index (χ4n) is 1.86. The Morgan fingerprint density at radius 2 is 2.35 bits per heavy atom. The summed E-state index contributed by atoms with van der Waals surface area (Å²) in [5.74, 6) is -0.754. The van der Waals surface area contributed by atoms with Crippen LogP contribution in [0.2, 0.25) is 0 Å². The minimum absolute atomic E-state index is 0.0166. The first-order valence-electron chi connectivity index (χ1n) is 5.98. The van der Waals surface area contributed by atoms with Crippen LogP contribution in [0.25, 0.3) is 0 Å². The second kappa shape index (κ2) is 6.04. The number of nitrogens with one attached hydrogen (secondary N) is 1. The third kappa shape index (κ3) is 3.57. The van der Waals surface area contributed by atoms with Crippen LogP contribution in [0.5, 0.6) is 0 Å². The van der Waals surface area contributed by atoms with Crippen molar-refractivity contribution in [1.29, 1.82) is 0 Å². The second-order valence-electron chi connectivity index (χ2n) is 4.42. The molecule has 1 unspecified atom stereocenters. The van der Waals surface area contributed by atoms with Gasteiger partial charge in [0, 0.05) is 16.2 Å². The van der Waals surface area contributed by atoms with Gasteiger partial charge in [0.25, 0.3) is 0 Å². The lowest BCUT2D eigenvalue weighted by atomic mass is 10.1. The maximum absolute atomic E-state index is 13.8. The maximum atomic E-state index is 13.8. The molecule has 1 heterocycles. The smallest absolute Gasteiger partial charge is 0.239 e. The van der Waals surface area contributed by atoms with Gasteiger partial charge in [0.1, 0.15) is 12.4 Å². The molecule has 0 fully saturated rings. The maximum Gasteiger partial charge on any atom is 0.239 e. The predicted octanol–water partition coefficient (Wildman–Crippen LogP) is 2.44. The zero-order valence-corrected chi connectivity index (χ0v) is 12.4. The van der Waals surface area contributed by atoms with Crippen LogP contribution in [0.4, 0.5) is 10.1 Å². The van der Waals surface area contributed by atoms with Crippen LogP contribution in [0, 0.1) is 5.82 Å². The van der Waals surface area contributed by atoms with Crippen molar-refractivity contribution in [1.82, 2.24) is 9.78 Å². The summed E-state index contributed by atoms with van der Waals surface area (Å²) in [6, 6.07) is 4.69. The molecule has 0 bridgehead atoms. The van der Waals surface area contributed by atoms with E-state index in [2.05, 4.69) is 26.3 Å². The zero-order valence-electron chi connectivity index (χ0n) is 10.8. The highest BCUT2D eigenvalue weighted by Gasteiger charge is 2.12. The summed E-state index contributed by atoms with van der Waals surface area (Å²) in [5, 5.41) is 7.11. The van der Waals surface area contributed by atoms with Crippen LogP contribution in [0.3, 0.4) is 0 Å². The highest BCUT2D eigenvalue weighted by molar-refractivity contribution is 9.10. The molecule has 3 N–H and O–H groups in total. The van der Waals surface area contributed by atoms with Crippen LogP contribution in [0.15, 0.2) is 35.1 Å². The highest BCUT2D eigenvalue weighted by Crippen LogP contribution is 2.23. The van der Waals surface area contributed by atoms with Crippen molar-refractivity contribution in [3.63, 3.8) is 0 Å². The van der Waals surface area contributed by atoms with E-state index < -0.39 is 5.91 Å². The van der Waals surface area contributed by atoms with E-state index in [4.69, 9.17) is 5.73 Å². The van der Waals surface area contributed by atoms with E-state index in [0.29, 0.717) is 15.7 Å². The molecule has 1 aromatic heterocycles. The Labute approximate surface area is 124 Å². The van der Waals surface area contributed by atoms with Gasteiger partial charge in [-0.25, -0.2) is 4.39 Å². The average molecular weight is 341 g/mol. The molecule has 0 aliphatic heterocycles. The lowest BCUT2D eigenvalue weighted by Gasteiger charge is -2.15. The number of hydrogen-bond donors (Lipinski definition) is 2. The summed E-state index contributed by atoms with van der Waals surface area (Å²) in [6.45, 7) is 1.86. The lowest BCUT2D eigenvalue weighted by Crippen LogP contribution is -2.18. The third-order valence-corrected chi connectivity index (χ3v) is 3.26. The average Bonchev–Trinajstić information content (AvgIpc) is 2.75. The summed E-state index contributed by atoms with van der Waals surface area (Å²) in [4.78, 5) is 10.8. The Balaban J connectivity index is 2.09. The van der Waals surface area contributed by atoms with Crippen molar-refractivity contribution in [3.8, 4) is 0 Å². The molecule has 1 aromatic carbocycles. The molecule has 0 aliphatic rings. The molecule has 20 heavy (non-hydrogen) atoms. The Kier molecular flexibility index (Phi) is 4.39. The molecule has 0 saturated heterocycles. The number of primary amides is 1. The van der Waals surface area contributed by atoms with Gasteiger partial charge >= 0.3 is 0 Å². The van der Waals surface area contributed by atoms with E-state index in [1.165, 1.54) is 10.7 Å². The van der Waals surface area contributed by atoms with Crippen molar-refractivity contribution in [2.24, 2.45) is 5.73 Å².